The smallest absolute Gasteiger partial charge is 0.338 e. The molecule has 7 heteroatoms. The standard InChI is InChI=1S/C22H26N2O5/c1-5-17(22(25)26-4)18-8-6-7-9-19(18)21(27-12-16-10-11-16)24-28-13-20-14(2)23-29-15(20)3/h5-9,16H,10-13H2,1-4H3/b17-5+,24-21+. The van der Waals surface area contributed by atoms with Gasteiger partial charge in [-0.3, -0.25) is 0 Å². The summed E-state index contributed by atoms with van der Waals surface area (Å²) in [5.74, 6) is 1.15. The second-order valence-electron chi connectivity index (χ2n) is 6.97. The monoisotopic (exact) mass is 398 g/mol. The Kier molecular flexibility index (Phi) is 6.69. The van der Waals surface area contributed by atoms with Crippen LogP contribution in [0.5, 0.6) is 0 Å². The number of aromatic nitrogens is 1. The van der Waals surface area contributed by atoms with Crippen molar-refractivity contribution in [1.82, 2.24) is 5.16 Å². The number of hydrogen-bond donors (Lipinski definition) is 0. The van der Waals surface area contributed by atoms with E-state index < -0.39 is 5.97 Å². The quantitative estimate of drug-likeness (QED) is 0.218. The first-order valence-corrected chi connectivity index (χ1v) is 9.64. The molecule has 1 aliphatic carbocycles. The summed E-state index contributed by atoms with van der Waals surface area (Å²) in [5.41, 5.74) is 3.41. The van der Waals surface area contributed by atoms with Gasteiger partial charge in [-0.05, 0) is 50.8 Å². The van der Waals surface area contributed by atoms with E-state index in [4.69, 9.17) is 18.8 Å². The fourth-order valence-corrected chi connectivity index (χ4v) is 2.90. The van der Waals surface area contributed by atoms with Gasteiger partial charge in [0, 0.05) is 11.1 Å². The largest absolute Gasteiger partial charge is 0.475 e. The van der Waals surface area contributed by atoms with E-state index >= 15 is 0 Å². The molecular weight excluding hydrogens is 372 g/mol. The maximum Gasteiger partial charge on any atom is 0.338 e. The molecule has 0 radical (unpaired) electrons. The van der Waals surface area contributed by atoms with Crippen molar-refractivity contribution in [3.63, 3.8) is 0 Å². The third-order valence-electron chi connectivity index (χ3n) is 4.83. The van der Waals surface area contributed by atoms with Crippen molar-refractivity contribution in [2.75, 3.05) is 13.7 Å². The Balaban J connectivity index is 1.89. The van der Waals surface area contributed by atoms with Crippen LogP contribution in [0.4, 0.5) is 0 Å². The number of carbonyl (C=O) groups excluding carboxylic acids is 1. The molecular formula is C22H26N2O5. The summed E-state index contributed by atoms with van der Waals surface area (Å²) in [6.07, 6.45) is 4.02. The topological polar surface area (TPSA) is 83.2 Å². The number of ether oxygens (including phenoxy) is 2. The Hall–Kier alpha value is -3.09. The number of benzene rings is 1. The van der Waals surface area contributed by atoms with Gasteiger partial charge < -0.3 is 18.8 Å². The van der Waals surface area contributed by atoms with Gasteiger partial charge in [0.25, 0.3) is 5.90 Å². The maximum atomic E-state index is 12.2. The second kappa shape index (κ2) is 9.41. The predicted octanol–water partition coefficient (Wildman–Crippen LogP) is 4.17. The first-order valence-electron chi connectivity index (χ1n) is 9.64. The average Bonchev–Trinajstić information content (AvgIpc) is 3.51. The van der Waals surface area contributed by atoms with Gasteiger partial charge in [-0.2, -0.15) is 0 Å². The van der Waals surface area contributed by atoms with Gasteiger partial charge in [0.1, 0.15) is 12.4 Å². The van der Waals surface area contributed by atoms with Crippen LogP contribution in [0.1, 0.15) is 47.9 Å². The molecule has 0 spiro atoms. The third-order valence-corrected chi connectivity index (χ3v) is 4.83. The summed E-state index contributed by atoms with van der Waals surface area (Å²) in [4.78, 5) is 17.8. The molecule has 0 amide bonds. The van der Waals surface area contributed by atoms with E-state index in [1.165, 1.54) is 7.11 Å². The van der Waals surface area contributed by atoms with Gasteiger partial charge >= 0.3 is 5.97 Å². The van der Waals surface area contributed by atoms with E-state index in [0.29, 0.717) is 40.9 Å². The van der Waals surface area contributed by atoms with Gasteiger partial charge in [0.2, 0.25) is 0 Å². The highest BCUT2D eigenvalue weighted by atomic mass is 16.6. The van der Waals surface area contributed by atoms with E-state index in [1.807, 2.05) is 38.1 Å². The van der Waals surface area contributed by atoms with E-state index in [0.717, 1.165) is 24.1 Å². The number of allylic oxidation sites excluding steroid dienone is 1. The fraction of sp³-hybridized carbons (Fsp3) is 0.409. The summed E-state index contributed by atoms with van der Waals surface area (Å²) in [7, 11) is 1.36. The molecule has 0 saturated heterocycles. The van der Waals surface area contributed by atoms with Crippen molar-refractivity contribution >= 4 is 17.4 Å². The van der Waals surface area contributed by atoms with Crippen LogP contribution >= 0.6 is 0 Å². The molecule has 0 N–H and O–H groups in total. The average molecular weight is 398 g/mol. The summed E-state index contributed by atoms with van der Waals surface area (Å²) < 4.78 is 16.1. The SMILES string of the molecule is C/C=C(/C(=O)OC)c1ccccc1/C(=N\OCc1c(C)noc1C)OCC1CC1. The lowest BCUT2D eigenvalue weighted by molar-refractivity contribution is -0.133. The molecule has 1 heterocycles. The Bertz CT molecular complexity index is 906. The molecule has 29 heavy (non-hydrogen) atoms. The first kappa shape index (κ1) is 20.6. The molecule has 154 valence electrons. The first-order chi connectivity index (χ1) is 14.0. The van der Waals surface area contributed by atoms with Crippen LogP contribution < -0.4 is 0 Å². The van der Waals surface area contributed by atoms with Crippen molar-refractivity contribution in [2.45, 2.75) is 40.2 Å². The molecule has 1 fully saturated rings. The van der Waals surface area contributed by atoms with Crippen molar-refractivity contribution in [3.8, 4) is 0 Å². The van der Waals surface area contributed by atoms with Gasteiger partial charge in [-0.25, -0.2) is 4.79 Å². The number of aryl methyl sites for hydroxylation is 2. The van der Waals surface area contributed by atoms with Crippen LogP contribution in [0.25, 0.3) is 5.57 Å². The predicted molar refractivity (Wildman–Crippen MR) is 108 cm³/mol. The van der Waals surface area contributed by atoms with Crippen molar-refractivity contribution in [1.29, 1.82) is 0 Å². The fourth-order valence-electron chi connectivity index (χ4n) is 2.90. The van der Waals surface area contributed by atoms with Gasteiger partial charge in [-0.1, -0.05) is 29.4 Å². The zero-order valence-electron chi connectivity index (χ0n) is 17.2. The number of esters is 1. The van der Waals surface area contributed by atoms with Crippen molar-refractivity contribution in [3.05, 3.63) is 58.5 Å². The third kappa shape index (κ3) is 5.04. The second-order valence-corrected chi connectivity index (χ2v) is 6.97. The van der Waals surface area contributed by atoms with E-state index in [-0.39, 0.29) is 6.61 Å². The Morgan fingerprint density at radius 3 is 2.59 bits per heavy atom. The van der Waals surface area contributed by atoms with Gasteiger partial charge in [0.15, 0.2) is 0 Å². The molecule has 0 bridgehead atoms. The summed E-state index contributed by atoms with van der Waals surface area (Å²) in [6.45, 7) is 6.25. The molecule has 7 nitrogen and oxygen atoms in total. The number of carbonyl (C=O) groups is 1. The highest BCUT2D eigenvalue weighted by Gasteiger charge is 2.25. The minimum absolute atomic E-state index is 0.215. The lowest BCUT2D eigenvalue weighted by Crippen LogP contribution is -2.14. The summed E-state index contributed by atoms with van der Waals surface area (Å²) in [5, 5.41) is 8.18. The summed E-state index contributed by atoms with van der Waals surface area (Å²) >= 11 is 0. The van der Waals surface area contributed by atoms with Crippen LogP contribution in [0.2, 0.25) is 0 Å². The van der Waals surface area contributed by atoms with Crippen LogP contribution in [-0.4, -0.2) is 30.7 Å². The lowest BCUT2D eigenvalue weighted by Gasteiger charge is -2.14. The van der Waals surface area contributed by atoms with E-state index in [9.17, 15) is 4.79 Å². The molecule has 0 atom stereocenters. The molecule has 0 unspecified atom stereocenters. The van der Waals surface area contributed by atoms with E-state index in [2.05, 4.69) is 10.3 Å². The van der Waals surface area contributed by atoms with Gasteiger partial charge in [-0.15, -0.1) is 0 Å². The van der Waals surface area contributed by atoms with Crippen LogP contribution in [0.3, 0.4) is 0 Å². The molecule has 0 aliphatic heterocycles. The molecule has 1 aromatic heterocycles. The summed E-state index contributed by atoms with van der Waals surface area (Å²) in [6, 6.07) is 7.42. The number of nitrogens with zero attached hydrogens (tertiary/aromatic N) is 2. The highest BCUT2D eigenvalue weighted by Crippen LogP contribution is 2.30. The van der Waals surface area contributed by atoms with Crippen LogP contribution in [0, 0.1) is 19.8 Å². The normalized spacial score (nSPS) is 14.6. The Morgan fingerprint density at radius 2 is 2.00 bits per heavy atom. The van der Waals surface area contributed by atoms with Crippen molar-refractivity contribution < 1.29 is 23.6 Å². The molecule has 3 rings (SSSR count). The number of methoxy groups -OCH3 is 1. The molecule has 1 saturated carbocycles. The number of oxime groups is 1. The Morgan fingerprint density at radius 1 is 1.28 bits per heavy atom. The zero-order valence-corrected chi connectivity index (χ0v) is 17.2. The van der Waals surface area contributed by atoms with Crippen LogP contribution in [0.15, 0.2) is 40.0 Å². The highest BCUT2D eigenvalue weighted by molar-refractivity contribution is 6.19. The number of hydrogen-bond acceptors (Lipinski definition) is 7. The van der Waals surface area contributed by atoms with Crippen molar-refractivity contribution in [2.24, 2.45) is 11.1 Å². The molecule has 1 aliphatic rings. The molecule has 2 aromatic rings. The van der Waals surface area contributed by atoms with Gasteiger partial charge in [0.05, 0.1) is 30.5 Å². The number of rotatable bonds is 8. The maximum absolute atomic E-state index is 12.2. The Labute approximate surface area is 170 Å². The minimum atomic E-state index is -0.418. The van der Waals surface area contributed by atoms with Crippen LogP contribution in [-0.2, 0) is 25.7 Å². The van der Waals surface area contributed by atoms with E-state index in [1.54, 1.807) is 13.0 Å². The lowest BCUT2D eigenvalue weighted by atomic mass is 9.99. The zero-order chi connectivity index (χ0) is 20.8. The minimum Gasteiger partial charge on any atom is -0.475 e. The molecule has 1 aromatic carbocycles.